The topological polar surface area (TPSA) is 33.2 Å². The lowest BCUT2D eigenvalue weighted by Gasteiger charge is -2.26. The van der Waals surface area contributed by atoms with Crippen molar-refractivity contribution in [2.75, 3.05) is 13.1 Å². The molecule has 1 amide bonds. The predicted octanol–water partition coefficient (Wildman–Crippen LogP) is 5.96. The van der Waals surface area contributed by atoms with Crippen molar-refractivity contribution in [3.8, 4) is 0 Å². The molecule has 1 aromatic heterocycles. The zero-order valence-corrected chi connectivity index (χ0v) is 16.6. The minimum absolute atomic E-state index is 0.0131. The van der Waals surface area contributed by atoms with Crippen LogP contribution in [-0.4, -0.2) is 28.9 Å². The molecular weight excluding hydrogens is 399 g/mol. The third-order valence-electron chi connectivity index (χ3n) is 4.02. The van der Waals surface area contributed by atoms with Gasteiger partial charge in [-0.15, -0.1) is 11.8 Å². The Kier molecular flexibility index (Phi) is 6.50. The van der Waals surface area contributed by atoms with Gasteiger partial charge in [0.1, 0.15) is 5.69 Å². The fourth-order valence-electron chi connectivity index (χ4n) is 2.70. The summed E-state index contributed by atoms with van der Waals surface area (Å²) in [7, 11) is 0. The average molecular weight is 416 g/mol. The highest BCUT2D eigenvalue weighted by atomic mass is 35.5. The van der Waals surface area contributed by atoms with Gasteiger partial charge in [-0.1, -0.05) is 40.9 Å². The monoisotopic (exact) mass is 414 g/mol. The van der Waals surface area contributed by atoms with Gasteiger partial charge in [0.05, 0.1) is 20.8 Å². The summed E-state index contributed by atoms with van der Waals surface area (Å²) in [4.78, 5) is 19.8. The normalized spacial score (nSPS) is 14.6. The van der Waals surface area contributed by atoms with E-state index < -0.39 is 0 Å². The Morgan fingerprint density at radius 1 is 1.04 bits per heavy atom. The van der Waals surface area contributed by atoms with Crippen LogP contribution in [0.5, 0.6) is 0 Å². The number of piperidine rings is 1. The number of aromatic nitrogens is 1. The molecule has 0 atom stereocenters. The van der Waals surface area contributed by atoms with E-state index in [1.807, 2.05) is 17.0 Å². The van der Waals surface area contributed by atoms with Crippen molar-refractivity contribution in [2.24, 2.45) is 0 Å². The SMILES string of the molecule is O=C(c1cccc(CSc2cc(Cl)c(Cl)cc2Cl)n1)N1CCCCC1. The number of thioether (sulfide) groups is 1. The third-order valence-corrected chi connectivity index (χ3v) is 6.26. The number of likely N-dealkylation sites (tertiary alicyclic amines) is 1. The van der Waals surface area contributed by atoms with E-state index in [1.54, 1.807) is 18.2 Å². The minimum Gasteiger partial charge on any atom is -0.337 e. The van der Waals surface area contributed by atoms with Crippen molar-refractivity contribution in [1.29, 1.82) is 0 Å². The van der Waals surface area contributed by atoms with E-state index in [4.69, 9.17) is 34.8 Å². The van der Waals surface area contributed by atoms with Gasteiger partial charge in [-0.3, -0.25) is 4.79 Å². The second kappa shape index (κ2) is 8.63. The number of amides is 1. The van der Waals surface area contributed by atoms with Crippen LogP contribution in [0.15, 0.2) is 35.2 Å². The standard InChI is InChI=1S/C18H17Cl3N2OS/c19-13-9-15(21)17(10-14(13)20)25-11-12-5-4-6-16(22-12)18(24)23-7-2-1-3-8-23/h4-6,9-10H,1-3,7-8,11H2. The van der Waals surface area contributed by atoms with E-state index in [-0.39, 0.29) is 5.91 Å². The van der Waals surface area contributed by atoms with Gasteiger partial charge in [0.25, 0.3) is 5.91 Å². The first-order valence-corrected chi connectivity index (χ1v) is 10.2. The molecule has 1 aromatic carbocycles. The predicted molar refractivity (Wildman–Crippen MR) is 105 cm³/mol. The van der Waals surface area contributed by atoms with E-state index in [1.165, 1.54) is 18.2 Å². The summed E-state index contributed by atoms with van der Waals surface area (Å²) in [5, 5.41) is 1.46. The second-order valence-corrected chi connectivity index (χ2v) is 8.09. The summed E-state index contributed by atoms with van der Waals surface area (Å²) in [6.07, 6.45) is 3.33. The maximum absolute atomic E-state index is 12.6. The summed E-state index contributed by atoms with van der Waals surface area (Å²) in [6, 6.07) is 8.94. The highest BCUT2D eigenvalue weighted by molar-refractivity contribution is 7.98. The molecule has 0 spiro atoms. The second-order valence-electron chi connectivity index (χ2n) is 5.85. The van der Waals surface area contributed by atoms with Gasteiger partial charge < -0.3 is 4.90 Å². The molecule has 0 unspecified atom stereocenters. The molecule has 0 radical (unpaired) electrons. The molecule has 3 rings (SSSR count). The first-order valence-electron chi connectivity index (χ1n) is 8.07. The van der Waals surface area contributed by atoms with Crippen LogP contribution in [0.25, 0.3) is 0 Å². The van der Waals surface area contributed by atoms with Crippen LogP contribution >= 0.6 is 46.6 Å². The Hall–Kier alpha value is -0.940. The molecular formula is C18H17Cl3N2OS. The molecule has 1 fully saturated rings. The van der Waals surface area contributed by atoms with Gasteiger partial charge in [0, 0.05) is 23.7 Å². The Balaban J connectivity index is 1.69. The number of benzene rings is 1. The van der Waals surface area contributed by atoms with Crippen LogP contribution in [0.2, 0.25) is 15.1 Å². The molecule has 0 bridgehead atoms. The minimum atomic E-state index is 0.0131. The summed E-state index contributed by atoms with van der Waals surface area (Å²) in [5.41, 5.74) is 1.33. The molecule has 2 heterocycles. The van der Waals surface area contributed by atoms with Crippen LogP contribution in [0, 0.1) is 0 Å². The molecule has 3 nitrogen and oxygen atoms in total. The first-order chi connectivity index (χ1) is 12.0. The fourth-order valence-corrected chi connectivity index (χ4v) is 4.34. The van der Waals surface area contributed by atoms with Crippen molar-refractivity contribution in [3.63, 3.8) is 0 Å². The highest BCUT2D eigenvalue weighted by Gasteiger charge is 2.19. The highest BCUT2D eigenvalue weighted by Crippen LogP contribution is 2.35. The lowest BCUT2D eigenvalue weighted by Crippen LogP contribution is -2.36. The number of carbonyl (C=O) groups excluding carboxylic acids is 1. The van der Waals surface area contributed by atoms with E-state index in [0.29, 0.717) is 26.5 Å². The quantitative estimate of drug-likeness (QED) is 0.456. The third kappa shape index (κ3) is 4.82. The summed E-state index contributed by atoms with van der Waals surface area (Å²) in [6.45, 7) is 1.64. The van der Waals surface area contributed by atoms with E-state index in [9.17, 15) is 4.79 Å². The van der Waals surface area contributed by atoms with Crippen molar-refractivity contribution in [1.82, 2.24) is 9.88 Å². The Labute approximate surface area is 166 Å². The van der Waals surface area contributed by atoms with Crippen LogP contribution < -0.4 is 0 Å². The van der Waals surface area contributed by atoms with Crippen LogP contribution in [0.4, 0.5) is 0 Å². The molecule has 132 valence electrons. The molecule has 1 aliphatic rings. The fraction of sp³-hybridized carbons (Fsp3) is 0.333. The molecule has 0 N–H and O–H groups in total. The zero-order valence-electron chi connectivity index (χ0n) is 13.5. The van der Waals surface area contributed by atoms with Gasteiger partial charge in [0.15, 0.2) is 0 Å². The van der Waals surface area contributed by atoms with E-state index in [0.717, 1.165) is 36.5 Å². The molecule has 0 saturated carbocycles. The maximum Gasteiger partial charge on any atom is 0.272 e. The number of rotatable bonds is 4. The van der Waals surface area contributed by atoms with Gasteiger partial charge in [0.2, 0.25) is 0 Å². The number of hydrogen-bond acceptors (Lipinski definition) is 3. The molecule has 0 aliphatic carbocycles. The smallest absolute Gasteiger partial charge is 0.272 e. The number of pyridine rings is 1. The van der Waals surface area contributed by atoms with Gasteiger partial charge in [-0.2, -0.15) is 0 Å². The largest absolute Gasteiger partial charge is 0.337 e. The van der Waals surface area contributed by atoms with E-state index >= 15 is 0 Å². The van der Waals surface area contributed by atoms with Crippen molar-refractivity contribution in [2.45, 2.75) is 29.9 Å². The molecule has 1 saturated heterocycles. The van der Waals surface area contributed by atoms with Crippen LogP contribution in [0.3, 0.4) is 0 Å². The Morgan fingerprint density at radius 2 is 1.76 bits per heavy atom. The number of hydrogen-bond donors (Lipinski definition) is 0. The van der Waals surface area contributed by atoms with Gasteiger partial charge in [-0.05, 0) is 43.5 Å². The molecule has 25 heavy (non-hydrogen) atoms. The number of carbonyl (C=O) groups is 1. The molecule has 7 heteroatoms. The lowest BCUT2D eigenvalue weighted by molar-refractivity contribution is 0.0718. The molecule has 1 aliphatic heterocycles. The maximum atomic E-state index is 12.6. The van der Waals surface area contributed by atoms with Crippen LogP contribution in [-0.2, 0) is 5.75 Å². The lowest BCUT2D eigenvalue weighted by atomic mass is 10.1. The summed E-state index contributed by atoms with van der Waals surface area (Å²) >= 11 is 19.7. The zero-order chi connectivity index (χ0) is 17.8. The van der Waals surface area contributed by atoms with Gasteiger partial charge in [-0.25, -0.2) is 4.98 Å². The van der Waals surface area contributed by atoms with Crippen LogP contribution in [0.1, 0.15) is 35.4 Å². The van der Waals surface area contributed by atoms with E-state index in [2.05, 4.69) is 4.98 Å². The van der Waals surface area contributed by atoms with Gasteiger partial charge >= 0.3 is 0 Å². The molecule has 2 aromatic rings. The number of halogens is 3. The number of nitrogens with zero attached hydrogens (tertiary/aromatic N) is 2. The Morgan fingerprint density at radius 3 is 2.52 bits per heavy atom. The average Bonchev–Trinajstić information content (AvgIpc) is 2.64. The van der Waals surface area contributed by atoms with Crippen molar-refractivity contribution in [3.05, 3.63) is 56.8 Å². The first kappa shape index (κ1) is 18.8. The van der Waals surface area contributed by atoms with Crippen molar-refractivity contribution < 1.29 is 4.79 Å². The summed E-state index contributed by atoms with van der Waals surface area (Å²) in [5.74, 6) is 0.609. The van der Waals surface area contributed by atoms with Crippen molar-refractivity contribution >= 4 is 52.5 Å². The Bertz CT molecular complexity index is 779. The summed E-state index contributed by atoms with van der Waals surface area (Å²) < 4.78 is 0.